The van der Waals surface area contributed by atoms with Gasteiger partial charge >= 0.3 is 0 Å². The Bertz CT molecular complexity index is 708. The van der Waals surface area contributed by atoms with Crippen molar-refractivity contribution < 1.29 is 13.9 Å². The molecule has 1 amide bonds. The van der Waals surface area contributed by atoms with Crippen molar-refractivity contribution in [1.82, 2.24) is 5.32 Å². The number of nitrogens with zero attached hydrogens (tertiary/aromatic N) is 1. The number of rotatable bonds is 5. The number of ether oxygens (including phenoxy) is 1. The molecule has 1 aliphatic rings. The van der Waals surface area contributed by atoms with Crippen molar-refractivity contribution in [2.45, 2.75) is 11.0 Å². The Kier molecular flexibility index (Phi) is 5.25. The molecule has 2 aromatic carbocycles. The minimum atomic E-state index is -0.513. The molecule has 0 saturated heterocycles. The minimum Gasteiger partial charge on any atom is -0.477 e. The molecule has 0 saturated carbocycles. The van der Waals surface area contributed by atoms with E-state index in [0.29, 0.717) is 6.54 Å². The molecule has 1 heterocycles. The molecule has 2 aromatic rings. The molecule has 0 radical (unpaired) electrons. The molecule has 24 heavy (non-hydrogen) atoms. The van der Waals surface area contributed by atoms with E-state index in [4.69, 9.17) is 4.74 Å². The first kappa shape index (κ1) is 16.6. The van der Waals surface area contributed by atoms with Gasteiger partial charge in [-0.15, -0.1) is 11.8 Å². The Balaban J connectivity index is 1.66. The summed E-state index contributed by atoms with van der Waals surface area (Å²) in [6.45, 7) is 1.29. The van der Waals surface area contributed by atoms with Crippen LogP contribution in [0.15, 0.2) is 53.4 Å². The van der Waals surface area contributed by atoms with Crippen molar-refractivity contribution in [3.63, 3.8) is 0 Å². The molecule has 6 heteroatoms. The number of carbonyl (C=O) groups is 1. The Morgan fingerprint density at radius 3 is 2.79 bits per heavy atom. The molecule has 0 aliphatic carbocycles. The molecule has 1 atom stereocenters. The van der Waals surface area contributed by atoms with E-state index >= 15 is 0 Å². The first-order chi connectivity index (χ1) is 11.7. The summed E-state index contributed by atoms with van der Waals surface area (Å²) >= 11 is 1.66. The maximum atomic E-state index is 12.9. The molecular formula is C18H19FN2O2S. The first-order valence-electron chi connectivity index (χ1n) is 7.78. The van der Waals surface area contributed by atoms with Crippen LogP contribution in [0.5, 0.6) is 5.75 Å². The molecule has 0 unspecified atom stereocenters. The van der Waals surface area contributed by atoms with Crippen molar-refractivity contribution >= 4 is 23.4 Å². The van der Waals surface area contributed by atoms with Crippen LogP contribution in [0.25, 0.3) is 0 Å². The van der Waals surface area contributed by atoms with Crippen LogP contribution in [0.3, 0.4) is 0 Å². The zero-order chi connectivity index (χ0) is 16.9. The molecule has 0 bridgehead atoms. The summed E-state index contributed by atoms with van der Waals surface area (Å²) in [6, 6.07) is 14.2. The number of likely N-dealkylation sites (N-methyl/N-ethyl adjacent to an activating group) is 1. The topological polar surface area (TPSA) is 41.6 Å². The van der Waals surface area contributed by atoms with Crippen LogP contribution in [0.2, 0.25) is 0 Å². The third-order valence-corrected chi connectivity index (χ3v) is 4.84. The molecule has 1 N–H and O–H groups in total. The van der Waals surface area contributed by atoms with Crippen LogP contribution in [0.4, 0.5) is 10.1 Å². The number of nitrogens with one attached hydrogen (secondary N) is 1. The van der Waals surface area contributed by atoms with E-state index in [-0.39, 0.29) is 11.7 Å². The van der Waals surface area contributed by atoms with Crippen LogP contribution >= 0.6 is 11.8 Å². The van der Waals surface area contributed by atoms with Crippen molar-refractivity contribution in [1.29, 1.82) is 0 Å². The summed E-state index contributed by atoms with van der Waals surface area (Å²) in [5.41, 5.74) is 0.998. The highest BCUT2D eigenvalue weighted by molar-refractivity contribution is 7.99. The minimum absolute atomic E-state index is 0.124. The van der Waals surface area contributed by atoms with E-state index in [9.17, 15) is 9.18 Å². The summed E-state index contributed by atoms with van der Waals surface area (Å²) < 4.78 is 18.7. The van der Waals surface area contributed by atoms with Crippen LogP contribution in [-0.4, -0.2) is 37.9 Å². The molecule has 0 aromatic heterocycles. The molecule has 4 nitrogen and oxygen atoms in total. The lowest BCUT2D eigenvalue weighted by atomic mass is 10.2. The lowest BCUT2D eigenvalue weighted by Crippen LogP contribution is -2.48. The van der Waals surface area contributed by atoms with Gasteiger partial charge in [0.15, 0.2) is 6.10 Å². The lowest BCUT2D eigenvalue weighted by molar-refractivity contribution is -0.127. The molecule has 1 aliphatic heterocycles. The number of halogens is 1. The Hall–Kier alpha value is -2.21. The monoisotopic (exact) mass is 346 g/mol. The van der Waals surface area contributed by atoms with Gasteiger partial charge in [0.1, 0.15) is 11.6 Å². The number of hydrogen-bond acceptors (Lipinski definition) is 4. The zero-order valence-electron chi connectivity index (χ0n) is 13.4. The highest BCUT2D eigenvalue weighted by atomic mass is 32.2. The number of anilines is 1. The predicted octanol–water partition coefficient (Wildman–Crippen LogP) is 2.93. The van der Waals surface area contributed by atoms with Gasteiger partial charge in [0, 0.05) is 24.2 Å². The maximum Gasteiger partial charge on any atom is 0.262 e. The molecule has 3 rings (SSSR count). The summed E-state index contributed by atoms with van der Waals surface area (Å²) in [4.78, 5) is 15.1. The Labute approximate surface area is 145 Å². The highest BCUT2D eigenvalue weighted by Gasteiger charge is 2.29. The van der Waals surface area contributed by atoms with Crippen LogP contribution in [-0.2, 0) is 4.79 Å². The van der Waals surface area contributed by atoms with E-state index in [0.717, 1.165) is 28.6 Å². The SMILES string of the molecule is CNC(=O)[C@H]1CN(CCSc2ccc(F)cc2)c2ccccc2O1. The van der Waals surface area contributed by atoms with Crippen molar-refractivity contribution in [3.8, 4) is 5.75 Å². The highest BCUT2D eigenvalue weighted by Crippen LogP contribution is 2.33. The van der Waals surface area contributed by atoms with E-state index in [1.54, 1.807) is 30.9 Å². The number of carbonyl (C=O) groups excluding carboxylic acids is 1. The average molecular weight is 346 g/mol. The number of hydrogen-bond donors (Lipinski definition) is 1. The maximum absolute atomic E-state index is 12.9. The Morgan fingerprint density at radius 1 is 1.29 bits per heavy atom. The third kappa shape index (κ3) is 3.82. The number of thioether (sulfide) groups is 1. The molecule has 0 spiro atoms. The summed E-state index contributed by atoms with van der Waals surface area (Å²) in [5, 5.41) is 2.64. The van der Waals surface area contributed by atoms with E-state index in [2.05, 4.69) is 10.2 Å². The van der Waals surface area contributed by atoms with Gasteiger partial charge in [-0.05, 0) is 36.4 Å². The predicted molar refractivity (Wildman–Crippen MR) is 94.3 cm³/mol. The van der Waals surface area contributed by atoms with Gasteiger partial charge in [-0.2, -0.15) is 0 Å². The van der Waals surface area contributed by atoms with Gasteiger partial charge in [0.25, 0.3) is 5.91 Å². The average Bonchev–Trinajstić information content (AvgIpc) is 2.62. The van der Waals surface area contributed by atoms with Gasteiger partial charge in [-0.3, -0.25) is 4.79 Å². The number of amides is 1. The fraction of sp³-hybridized carbons (Fsp3) is 0.278. The van der Waals surface area contributed by atoms with Gasteiger partial charge in [0.2, 0.25) is 0 Å². The van der Waals surface area contributed by atoms with Crippen LogP contribution < -0.4 is 15.0 Å². The van der Waals surface area contributed by atoms with E-state index in [1.807, 2.05) is 24.3 Å². The van der Waals surface area contributed by atoms with Gasteiger partial charge in [-0.25, -0.2) is 4.39 Å². The van der Waals surface area contributed by atoms with Crippen molar-refractivity contribution in [3.05, 3.63) is 54.3 Å². The number of fused-ring (bicyclic) bond motifs is 1. The lowest BCUT2D eigenvalue weighted by Gasteiger charge is -2.35. The first-order valence-corrected chi connectivity index (χ1v) is 8.76. The summed E-state index contributed by atoms with van der Waals surface area (Å²) in [6.07, 6.45) is -0.513. The summed E-state index contributed by atoms with van der Waals surface area (Å²) in [7, 11) is 1.61. The number of para-hydroxylation sites is 2. The van der Waals surface area contributed by atoms with Crippen LogP contribution in [0.1, 0.15) is 0 Å². The quantitative estimate of drug-likeness (QED) is 0.846. The standard InChI is InChI=1S/C18H19FN2O2S/c1-20-18(22)17-12-21(15-4-2-3-5-16(15)23-17)10-11-24-14-8-6-13(19)7-9-14/h2-9,17H,10-12H2,1H3,(H,20,22)/t17-/m1/s1. The van der Waals surface area contributed by atoms with E-state index in [1.165, 1.54) is 12.1 Å². The van der Waals surface area contributed by atoms with Gasteiger partial charge in [0.05, 0.1) is 12.2 Å². The zero-order valence-corrected chi connectivity index (χ0v) is 14.2. The summed E-state index contributed by atoms with van der Waals surface area (Å²) in [5.74, 6) is 1.21. The second kappa shape index (κ2) is 7.57. The molecular weight excluding hydrogens is 327 g/mol. The second-order valence-corrected chi connectivity index (χ2v) is 6.61. The normalized spacial score (nSPS) is 16.2. The fourth-order valence-electron chi connectivity index (χ4n) is 2.62. The largest absolute Gasteiger partial charge is 0.477 e. The van der Waals surface area contributed by atoms with E-state index < -0.39 is 6.10 Å². The smallest absolute Gasteiger partial charge is 0.262 e. The fourth-order valence-corrected chi connectivity index (χ4v) is 3.50. The van der Waals surface area contributed by atoms with Gasteiger partial charge in [-0.1, -0.05) is 12.1 Å². The van der Waals surface area contributed by atoms with Gasteiger partial charge < -0.3 is 15.0 Å². The molecule has 126 valence electrons. The number of benzene rings is 2. The van der Waals surface area contributed by atoms with Crippen molar-refractivity contribution in [2.75, 3.05) is 30.8 Å². The third-order valence-electron chi connectivity index (χ3n) is 3.84. The molecule has 0 fully saturated rings. The van der Waals surface area contributed by atoms with Crippen molar-refractivity contribution in [2.24, 2.45) is 0 Å². The van der Waals surface area contributed by atoms with Crippen LogP contribution in [0, 0.1) is 5.82 Å². The Morgan fingerprint density at radius 2 is 2.04 bits per heavy atom. The second-order valence-electron chi connectivity index (χ2n) is 5.44.